The Labute approximate surface area is 110 Å². The van der Waals surface area contributed by atoms with E-state index in [0.717, 1.165) is 22.8 Å². The highest BCUT2D eigenvalue weighted by Gasteiger charge is 2.18. The summed E-state index contributed by atoms with van der Waals surface area (Å²) in [7, 11) is 0. The topological polar surface area (TPSA) is 53.8 Å². The van der Waals surface area contributed by atoms with E-state index in [2.05, 4.69) is 23.9 Å². The minimum atomic E-state index is -0.0141. The molecule has 2 aromatic rings. The molecule has 5 heteroatoms. The summed E-state index contributed by atoms with van der Waals surface area (Å²) in [6.07, 6.45) is 1.82. The van der Waals surface area contributed by atoms with Gasteiger partial charge in [0.2, 0.25) is 0 Å². The average Bonchev–Trinajstić information content (AvgIpc) is 2.93. The Morgan fingerprint density at radius 3 is 2.78 bits per heavy atom. The zero-order chi connectivity index (χ0) is 12.7. The molecule has 0 aromatic carbocycles. The van der Waals surface area contributed by atoms with Gasteiger partial charge in [-0.2, -0.15) is 16.9 Å². The van der Waals surface area contributed by atoms with Gasteiger partial charge in [0.1, 0.15) is 0 Å². The van der Waals surface area contributed by atoms with Crippen LogP contribution in [0.25, 0.3) is 5.82 Å². The summed E-state index contributed by atoms with van der Waals surface area (Å²) in [4.78, 5) is 4.34. The Morgan fingerprint density at radius 2 is 2.17 bits per heavy atom. The van der Waals surface area contributed by atoms with Crippen LogP contribution in [0.4, 0.5) is 0 Å². The van der Waals surface area contributed by atoms with Gasteiger partial charge in [-0.25, -0.2) is 9.67 Å². The third-order valence-electron chi connectivity index (χ3n) is 3.16. The van der Waals surface area contributed by atoms with Crippen molar-refractivity contribution in [3.05, 3.63) is 35.2 Å². The second-order valence-electron chi connectivity index (χ2n) is 4.74. The zero-order valence-electron chi connectivity index (χ0n) is 10.4. The Bertz CT molecular complexity index is 575. The van der Waals surface area contributed by atoms with Crippen molar-refractivity contribution >= 4 is 11.8 Å². The van der Waals surface area contributed by atoms with Crippen molar-refractivity contribution in [3.8, 4) is 11.7 Å². The first-order valence-corrected chi connectivity index (χ1v) is 7.14. The van der Waals surface area contributed by atoms with E-state index in [1.165, 1.54) is 10.2 Å². The average molecular weight is 260 g/mol. The van der Waals surface area contributed by atoms with Gasteiger partial charge < -0.3 is 5.11 Å². The van der Waals surface area contributed by atoms with Gasteiger partial charge in [-0.1, -0.05) is 19.9 Å². The van der Waals surface area contributed by atoms with Crippen molar-refractivity contribution in [1.82, 2.24) is 14.8 Å². The van der Waals surface area contributed by atoms with Crippen LogP contribution in [0, 0.1) is 0 Å². The third-order valence-corrected chi connectivity index (χ3v) is 4.13. The van der Waals surface area contributed by atoms with E-state index < -0.39 is 0 Å². The molecule has 94 valence electrons. The summed E-state index contributed by atoms with van der Waals surface area (Å²) in [5.74, 6) is 2.65. The van der Waals surface area contributed by atoms with E-state index in [9.17, 15) is 5.11 Å². The van der Waals surface area contributed by atoms with Crippen LogP contribution in [0.15, 0.2) is 18.3 Å². The monoisotopic (exact) mass is 260 g/mol. The molecule has 0 bridgehead atoms. The predicted octanol–water partition coefficient (Wildman–Crippen LogP) is 2.21. The van der Waals surface area contributed by atoms with Crippen molar-refractivity contribution in [2.45, 2.75) is 31.3 Å². The zero-order valence-corrected chi connectivity index (χ0v) is 11.2. The van der Waals surface area contributed by atoms with Gasteiger partial charge in [-0.05, 0) is 29.0 Å². The number of nitrogens with zero attached hydrogens (tertiary/aromatic N) is 3. The normalized spacial score (nSPS) is 14.2. The highest BCUT2D eigenvalue weighted by molar-refractivity contribution is 7.98. The molecular weight excluding hydrogens is 246 g/mol. The molecule has 1 aliphatic heterocycles. The molecule has 0 atom stereocenters. The fourth-order valence-electron chi connectivity index (χ4n) is 2.01. The SMILES string of the molecule is CC(C)c1ccc(-n2nc3c(c2[O-])CSC3)nc1. The summed E-state index contributed by atoms with van der Waals surface area (Å²) in [5.41, 5.74) is 2.93. The van der Waals surface area contributed by atoms with E-state index >= 15 is 0 Å². The first kappa shape index (κ1) is 11.6. The quantitative estimate of drug-likeness (QED) is 0.830. The molecule has 0 fully saturated rings. The standard InChI is InChI=1S/C13H15N3OS/c1-8(2)9-3-4-12(14-5-9)16-13(17)10-6-18-7-11(10)15-16/h3-5,8,17H,6-7H2,1-2H3/p-1. The molecule has 0 amide bonds. The minimum Gasteiger partial charge on any atom is -0.858 e. The van der Waals surface area contributed by atoms with Gasteiger partial charge in [0.25, 0.3) is 0 Å². The maximum absolute atomic E-state index is 12.1. The summed E-state index contributed by atoms with van der Waals surface area (Å²) < 4.78 is 1.43. The smallest absolute Gasteiger partial charge is 0.152 e. The van der Waals surface area contributed by atoms with Crippen molar-refractivity contribution < 1.29 is 5.11 Å². The Hall–Kier alpha value is -1.49. The van der Waals surface area contributed by atoms with Gasteiger partial charge in [0.05, 0.1) is 5.69 Å². The fraction of sp³-hybridized carbons (Fsp3) is 0.385. The molecule has 3 rings (SSSR count). The minimum absolute atomic E-state index is 0.0141. The van der Waals surface area contributed by atoms with Crippen molar-refractivity contribution in [2.75, 3.05) is 0 Å². The molecule has 18 heavy (non-hydrogen) atoms. The lowest BCUT2D eigenvalue weighted by atomic mass is 10.1. The lowest BCUT2D eigenvalue weighted by Crippen LogP contribution is -2.07. The molecule has 0 saturated carbocycles. The van der Waals surface area contributed by atoms with Gasteiger partial charge in [-0.15, -0.1) is 0 Å². The largest absolute Gasteiger partial charge is 0.858 e. The number of hydrogen-bond donors (Lipinski definition) is 0. The highest BCUT2D eigenvalue weighted by atomic mass is 32.2. The summed E-state index contributed by atoms with van der Waals surface area (Å²) >= 11 is 1.74. The van der Waals surface area contributed by atoms with E-state index in [1.54, 1.807) is 11.8 Å². The van der Waals surface area contributed by atoms with Crippen molar-refractivity contribution in [2.24, 2.45) is 0 Å². The van der Waals surface area contributed by atoms with Gasteiger partial charge in [-0.3, -0.25) is 0 Å². The molecule has 0 N–H and O–H groups in total. The molecule has 0 unspecified atom stereocenters. The first-order chi connectivity index (χ1) is 8.66. The predicted molar refractivity (Wildman–Crippen MR) is 69.9 cm³/mol. The van der Waals surface area contributed by atoms with Crippen molar-refractivity contribution in [3.63, 3.8) is 0 Å². The number of aromatic nitrogens is 3. The number of fused-ring (bicyclic) bond motifs is 1. The lowest BCUT2D eigenvalue weighted by Gasteiger charge is -2.12. The highest BCUT2D eigenvalue weighted by Crippen LogP contribution is 2.34. The van der Waals surface area contributed by atoms with Gasteiger partial charge in [0, 0.05) is 17.7 Å². The third kappa shape index (κ3) is 1.79. The summed E-state index contributed by atoms with van der Waals surface area (Å²) in [6, 6.07) is 3.88. The lowest BCUT2D eigenvalue weighted by molar-refractivity contribution is -0.278. The molecule has 3 heterocycles. The molecule has 0 spiro atoms. The maximum Gasteiger partial charge on any atom is 0.152 e. The summed E-state index contributed by atoms with van der Waals surface area (Å²) in [5, 5.41) is 16.5. The second kappa shape index (κ2) is 4.31. The Morgan fingerprint density at radius 1 is 1.33 bits per heavy atom. The Kier molecular flexibility index (Phi) is 2.78. The molecule has 0 radical (unpaired) electrons. The number of hydrogen-bond acceptors (Lipinski definition) is 4. The molecule has 0 saturated heterocycles. The van der Waals surface area contributed by atoms with Crippen LogP contribution in [0.1, 0.15) is 36.6 Å². The number of rotatable bonds is 2. The van der Waals surface area contributed by atoms with Crippen LogP contribution in [0.5, 0.6) is 5.88 Å². The van der Waals surface area contributed by atoms with E-state index in [1.807, 2.05) is 18.3 Å². The maximum atomic E-state index is 12.1. The van der Waals surface area contributed by atoms with Crippen LogP contribution < -0.4 is 5.11 Å². The molecular formula is C13H14N3OS-. The van der Waals surface area contributed by atoms with E-state index in [-0.39, 0.29) is 5.88 Å². The molecule has 0 aliphatic carbocycles. The van der Waals surface area contributed by atoms with Crippen LogP contribution in [-0.4, -0.2) is 14.8 Å². The van der Waals surface area contributed by atoms with Crippen LogP contribution in [0.2, 0.25) is 0 Å². The van der Waals surface area contributed by atoms with Crippen LogP contribution in [0.3, 0.4) is 0 Å². The number of pyridine rings is 1. The fourth-order valence-corrected chi connectivity index (χ4v) is 3.03. The van der Waals surface area contributed by atoms with Gasteiger partial charge >= 0.3 is 0 Å². The van der Waals surface area contributed by atoms with Crippen molar-refractivity contribution in [1.29, 1.82) is 0 Å². The molecule has 1 aliphatic rings. The summed E-state index contributed by atoms with van der Waals surface area (Å²) in [6.45, 7) is 4.24. The second-order valence-corrected chi connectivity index (χ2v) is 5.73. The van der Waals surface area contributed by atoms with Gasteiger partial charge in [0.15, 0.2) is 5.82 Å². The van der Waals surface area contributed by atoms with Crippen LogP contribution in [-0.2, 0) is 11.5 Å². The first-order valence-electron chi connectivity index (χ1n) is 5.98. The Balaban J connectivity index is 2.00. The molecule has 2 aromatic heterocycles. The van der Waals surface area contributed by atoms with E-state index in [0.29, 0.717) is 11.7 Å². The molecule has 4 nitrogen and oxygen atoms in total. The number of thioether (sulfide) groups is 1. The van der Waals surface area contributed by atoms with Crippen LogP contribution >= 0.6 is 11.8 Å². The van der Waals surface area contributed by atoms with E-state index in [4.69, 9.17) is 0 Å².